The number of Topliss-reactive ketones (excluding diaryl/α,β-unsaturated/α-hetero) is 1. The lowest BCUT2D eigenvalue weighted by molar-refractivity contribution is -0.145. The average molecular weight is 314 g/mol. The van der Waals surface area contributed by atoms with Crippen LogP contribution >= 0.6 is 0 Å². The van der Waals surface area contributed by atoms with Gasteiger partial charge in [-0.2, -0.15) is 0 Å². The molecule has 0 aliphatic heterocycles. The molecule has 0 aromatic carbocycles. The molecule has 1 atom stereocenters. The van der Waals surface area contributed by atoms with E-state index >= 15 is 0 Å². The summed E-state index contributed by atoms with van der Waals surface area (Å²) in [6.07, 6.45) is 11.0. The molecule has 22 heavy (non-hydrogen) atoms. The number of ether oxygens (including phenoxy) is 1. The Kier molecular flexibility index (Phi) is 14.4. The van der Waals surface area contributed by atoms with Gasteiger partial charge in [-0.05, 0) is 13.3 Å². The number of esters is 1. The number of hydrogen-bond donors (Lipinski definition) is 1. The van der Waals surface area contributed by atoms with E-state index in [0.717, 1.165) is 12.8 Å². The van der Waals surface area contributed by atoms with E-state index in [0.29, 0.717) is 6.42 Å². The fraction of sp³-hybridized carbons (Fsp3) is 0.889. The normalized spacial score (nSPS) is 12.1. The van der Waals surface area contributed by atoms with Crippen LogP contribution in [0.25, 0.3) is 0 Å². The predicted molar refractivity (Wildman–Crippen MR) is 88.7 cm³/mol. The Morgan fingerprint density at radius 2 is 1.45 bits per heavy atom. The second kappa shape index (κ2) is 15.0. The van der Waals surface area contributed by atoms with Gasteiger partial charge in [0.15, 0.2) is 0 Å². The van der Waals surface area contributed by atoms with E-state index in [2.05, 4.69) is 6.92 Å². The van der Waals surface area contributed by atoms with Crippen molar-refractivity contribution < 1.29 is 19.4 Å². The van der Waals surface area contributed by atoms with Gasteiger partial charge in [0.1, 0.15) is 12.2 Å². The second-order valence-corrected chi connectivity index (χ2v) is 6.00. The zero-order chi connectivity index (χ0) is 16.6. The Hall–Kier alpha value is -0.900. The molecule has 0 amide bonds. The topological polar surface area (TPSA) is 63.6 Å². The first kappa shape index (κ1) is 21.1. The highest BCUT2D eigenvalue weighted by Crippen LogP contribution is 2.12. The van der Waals surface area contributed by atoms with Crippen LogP contribution in [-0.4, -0.2) is 29.6 Å². The molecule has 0 rings (SSSR count). The average Bonchev–Trinajstić information content (AvgIpc) is 2.45. The standard InChI is InChI=1S/C18H34O4/c1-3-5-6-7-8-9-10-11-12-13-16(19)14-17(20)15-18(21)22-4-2/h16,19H,3-15H2,1-2H3/t16-/m0/s1. The largest absolute Gasteiger partial charge is 0.466 e. The highest BCUT2D eigenvalue weighted by molar-refractivity contribution is 5.95. The van der Waals surface area contributed by atoms with Gasteiger partial charge in [0, 0.05) is 6.42 Å². The van der Waals surface area contributed by atoms with Gasteiger partial charge in [0.25, 0.3) is 0 Å². The third-order valence-electron chi connectivity index (χ3n) is 3.75. The smallest absolute Gasteiger partial charge is 0.313 e. The van der Waals surface area contributed by atoms with Crippen LogP contribution in [0.15, 0.2) is 0 Å². The highest BCUT2D eigenvalue weighted by Gasteiger charge is 2.14. The molecule has 4 nitrogen and oxygen atoms in total. The molecule has 0 aromatic heterocycles. The van der Waals surface area contributed by atoms with Crippen LogP contribution in [0.1, 0.15) is 90.9 Å². The lowest BCUT2D eigenvalue weighted by atomic mass is 10.0. The van der Waals surface area contributed by atoms with Gasteiger partial charge in [-0.15, -0.1) is 0 Å². The molecule has 0 aliphatic rings. The van der Waals surface area contributed by atoms with Crippen LogP contribution in [0.5, 0.6) is 0 Å². The van der Waals surface area contributed by atoms with Crippen molar-refractivity contribution in [3.05, 3.63) is 0 Å². The minimum Gasteiger partial charge on any atom is -0.466 e. The maximum atomic E-state index is 11.5. The number of ketones is 1. The Balaban J connectivity index is 3.43. The number of aliphatic hydroxyl groups excluding tert-OH is 1. The Labute approximate surface area is 135 Å². The van der Waals surface area contributed by atoms with Crippen LogP contribution in [0.2, 0.25) is 0 Å². The Bertz CT molecular complexity index is 289. The van der Waals surface area contributed by atoms with Gasteiger partial charge >= 0.3 is 5.97 Å². The third-order valence-corrected chi connectivity index (χ3v) is 3.75. The minimum absolute atomic E-state index is 0.0653. The first-order chi connectivity index (χ1) is 10.6. The van der Waals surface area contributed by atoms with Crippen LogP contribution in [0.4, 0.5) is 0 Å². The summed E-state index contributed by atoms with van der Waals surface area (Å²) in [6, 6.07) is 0. The van der Waals surface area contributed by atoms with Gasteiger partial charge in [0.05, 0.1) is 12.7 Å². The SMILES string of the molecule is CCCCCCCCCCC[C@H](O)CC(=O)CC(=O)OCC. The number of aliphatic hydroxyl groups is 1. The number of rotatable bonds is 15. The lowest BCUT2D eigenvalue weighted by Crippen LogP contribution is -2.17. The molecule has 1 N–H and O–H groups in total. The lowest BCUT2D eigenvalue weighted by Gasteiger charge is -2.09. The summed E-state index contributed by atoms with van der Waals surface area (Å²) in [5, 5.41) is 9.79. The van der Waals surface area contributed by atoms with Gasteiger partial charge in [0.2, 0.25) is 0 Å². The molecule has 0 saturated carbocycles. The Morgan fingerprint density at radius 1 is 0.909 bits per heavy atom. The van der Waals surface area contributed by atoms with Crippen molar-refractivity contribution in [2.24, 2.45) is 0 Å². The fourth-order valence-electron chi connectivity index (χ4n) is 2.50. The summed E-state index contributed by atoms with van der Waals surface area (Å²) in [5.74, 6) is -0.732. The number of carbonyl (C=O) groups is 2. The van der Waals surface area contributed by atoms with Crippen molar-refractivity contribution in [3.63, 3.8) is 0 Å². The van der Waals surface area contributed by atoms with Gasteiger partial charge in [-0.3, -0.25) is 9.59 Å². The predicted octanol–water partition coefficient (Wildman–Crippen LogP) is 4.18. The molecule has 0 unspecified atom stereocenters. The zero-order valence-electron chi connectivity index (χ0n) is 14.4. The van der Waals surface area contributed by atoms with Gasteiger partial charge < -0.3 is 9.84 Å². The molecular formula is C18H34O4. The van der Waals surface area contributed by atoms with Gasteiger partial charge in [-0.1, -0.05) is 64.7 Å². The van der Waals surface area contributed by atoms with Crippen LogP contribution in [0.3, 0.4) is 0 Å². The van der Waals surface area contributed by atoms with Crippen molar-refractivity contribution >= 4 is 11.8 Å². The first-order valence-corrected chi connectivity index (χ1v) is 8.95. The summed E-state index contributed by atoms with van der Waals surface area (Å²) in [6.45, 7) is 4.22. The van der Waals surface area contributed by atoms with Crippen LogP contribution in [0, 0.1) is 0 Å². The summed E-state index contributed by atoms with van der Waals surface area (Å²) in [5.41, 5.74) is 0. The maximum Gasteiger partial charge on any atom is 0.313 e. The third kappa shape index (κ3) is 14.1. The van der Waals surface area contributed by atoms with Crippen molar-refractivity contribution in [1.29, 1.82) is 0 Å². The number of unbranched alkanes of at least 4 members (excludes halogenated alkanes) is 8. The molecule has 0 aliphatic carbocycles. The van der Waals surface area contributed by atoms with Crippen LogP contribution < -0.4 is 0 Å². The van der Waals surface area contributed by atoms with E-state index in [4.69, 9.17) is 4.74 Å². The first-order valence-electron chi connectivity index (χ1n) is 8.95. The molecule has 0 fully saturated rings. The monoisotopic (exact) mass is 314 g/mol. The highest BCUT2D eigenvalue weighted by atomic mass is 16.5. The van der Waals surface area contributed by atoms with E-state index in [1.807, 2.05) is 0 Å². The summed E-state index contributed by atoms with van der Waals surface area (Å²) in [7, 11) is 0. The molecule has 0 radical (unpaired) electrons. The molecule has 0 aromatic rings. The van der Waals surface area contributed by atoms with Gasteiger partial charge in [-0.25, -0.2) is 0 Å². The number of hydrogen-bond acceptors (Lipinski definition) is 4. The van der Waals surface area contributed by atoms with E-state index in [1.165, 1.54) is 44.9 Å². The summed E-state index contributed by atoms with van der Waals surface area (Å²) in [4.78, 5) is 22.7. The fourth-order valence-corrected chi connectivity index (χ4v) is 2.50. The Morgan fingerprint density at radius 3 is 2.00 bits per heavy atom. The number of carbonyl (C=O) groups excluding carboxylic acids is 2. The molecular weight excluding hydrogens is 280 g/mol. The summed E-state index contributed by atoms with van der Waals surface area (Å²) < 4.78 is 4.71. The van der Waals surface area contributed by atoms with Crippen molar-refractivity contribution in [2.45, 2.75) is 97.0 Å². The molecule has 0 bridgehead atoms. The van der Waals surface area contributed by atoms with E-state index in [9.17, 15) is 14.7 Å². The van der Waals surface area contributed by atoms with Crippen molar-refractivity contribution in [1.82, 2.24) is 0 Å². The zero-order valence-corrected chi connectivity index (χ0v) is 14.4. The van der Waals surface area contributed by atoms with E-state index < -0.39 is 12.1 Å². The molecule has 4 heteroatoms. The quantitative estimate of drug-likeness (QED) is 0.280. The molecule has 130 valence electrons. The van der Waals surface area contributed by atoms with E-state index in [-0.39, 0.29) is 25.2 Å². The molecule has 0 spiro atoms. The molecule has 0 heterocycles. The minimum atomic E-state index is -0.619. The maximum absolute atomic E-state index is 11.5. The van der Waals surface area contributed by atoms with Crippen molar-refractivity contribution in [2.75, 3.05) is 6.61 Å². The van der Waals surface area contributed by atoms with E-state index in [1.54, 1.807) is 6.92 Å². The second-order valence-electron chi connectivity index (χ2n) is 6.00. The van der Waals surface area contributed by atoms with Crippen LogP contribution in [-0.2, 0) is 14.3 Å². The molecule has 0 saturated heterocycles. The van der Waals surface area contributed by atoms with Crippen molar-refractivity contribution in [3.8, 4) is 0 Å². The summed E-state index contributed by atoms with van der Waals surface area (Å²) >= 11 is 0.